The van der Waals surface area contributed by atoms with Crippen molar-refractivity contribution in [1.29, 1.82) is 0 Å². The third-order valence-electron chi connectivity index (χ3n) is 2.66. The highest BCUT2D eigenvalue weighted by Crippen LogP contribution is 2.26. The Hall–Kier alpha value is -2.61. The second-order valence-electron chi connectivity index (χ2n) is 3.87. The van der Waals surface area contributed by atoms with Gasteiger partial charge in [0, 0.05) is 6.07 Å². The van der Waals surface area contributed by atoms with Crippen molar-refractivity contribution in [2.24, 2.45) is 0 Å². The van der Waals surface area contributed by atoms with Crippen molar-refractivity contribution in [3.05, 3.63) is 58.0 Å². The Balaban J connectivity index is 2.13. The maximum Gasteiger partial charge on any atom is 0.306 e. The minimum atomic E-state index is -0.878. The van der Waals surface area contributed by atoms with Crippen LogP contribution in [-0.4, -0.2) is 19.7 Å². The molecule has 1 aromatic carbocycles. The van der Waals surface area contributed by atoms with Crippen LogP contribution < -0.4 is 0 Å². The zero-order chi connectivity index (χ0) is 14.1. The van der Waals surface area contributed by atoms with Crippen LogP contribution in [0.5, 0.6) is 0 Å². The first-order chi connectivity index (χ1) is 9.66. The second-order valence-corrected chi connectivity index (χ2v) is 4.81. The van der Waals surface area contributed by atoms with E-state index in [0.717, 1.165) is 17.0 Å². The zero-order valence-electron chi connectivity index (χ0n) is 9.93. The number of rotatable bonds is 3. The molecule has 0 spiro atoms. The molecule has 6 nitrogen and oxygen atoms in total. The monoisotopic (exact) mass is 290 g/mol. The van der Waals surface area contributed by atoms with Gasteiger partial charge in [0.05, 0.1) is 15.5 Å². The van der Waals surface area contributed by atoms with E-state index in [2.05, 4.69) is 10.1 Å². The van der Waals surface area contributed by atoms with Crippen molar-refractivity contribution < 1.29 is 9.31 Å². The molecule has 8 heteroatoms. The highest BCUT2D eigenvalue weighted by atomic mass is 32.1. The van der Waals surface area contributed by atoms with Crippen molar-refractivity contribution in [3.63, 3.8) is 0 Å². The average Bonchev–Trinajstić information content (AvgIpc) is 3.09. The smallest absolute Gasteiger partial charge is 0.258 e. The van der Waals surface area contributed by atoms with Gasteiger partial charge in [-0.05, 0) is 23.6 Å². The number of aromatic nitrogens is 3. The molecule has 0 unspecified atom stereocenters. The number of benzene rings is 1. The van der Waals surface area contributed by atoms with Crippen LogP contribution in [0.15, 0.2) is 42.0 Å². The Morgan fingerprint density at radius 2 is 2.20 bits per heavy atom. The molecule has 3 rings (SSSR count). The first-order valence-corrected chi connectivity index (χ1v) is 6.43. The Bertz CT molecular complexity index is 770. The Labute approximate surface area is 116 Å². The van der Waals surface area contributed by atoms with E-state index in [4.69, 9.17) is 0 Å². The van der Waals surface area contributed by atoms with Crippen LogP contribution in [0.4, 0.5) is 10.1 Å². The molecule has 0 aliphatic carbocycles. The molecule has 0 fully saturated rings. The third kappa shape index (κ3) is 2.05. The molecule has 0 amide bonds. The van der Waals surface area contributed by atoms with Crippen LogP contribution in [0.1, 0.15) is 0 Å². The highest BCUT2D eigenvalue weighted by molar-refractivity contribution is 7.13. The molecule has 0 N–H and O–H groups in total. The number of hydrogen-bond acceptors (Lipinski definition) is 5. The van der Waals surface area contributed by atoms with E-state index >= 15 is 0 Å². The van der Waals surface area contributed by atoms with E-state index in [9.17, 15) is 14.5 Å². The lowest BCUT2D eigenvalue weighted by molar-refractivity contribution is -0.387. The fraction of sp³-hybridized carbons (Fsp3) is 0. The van der Waals surface area contributed by atoms with Crippen LogP contribution in [0.25, 0.3) is 16.4 Å². The van der Waals surface area contributed by atoms with Crippen LogP contribution in [-0.2, 0) is 0 Å². The van der Waals surface area contributed by atoms with Gasteiger partial charge in [0.2, 0.25) is 5.82 Å². The summed E-state index contributed by atoms with van der Waals surface area (Å²) in [6, 6.07) is 7.35. The van der Waals surface area contributed by atoms with Crippen LogP contribution in [0.2, 0.25) is 0 Å². The summed E-state index contributed by atoms with van der Waals surface area (Å²) in [5.74, 6) is -0.322. The number of nitrogens with zero attached hydrogens (tertiary/aromatic N) is 4. The maximum absolute atomic E-state index is 13.4. The number of hydrogen-bond donors (Lipinski definition) is 0. The molecule has 0 saturated heterocycles. The normalized spacial score (nSPS) is 10.7. The number of nitro groups is 1. The first-order valence-electron chi connectivity index (χ1n) is 5.55. The van der Waals surface area contributed by atoms with Gasteiger partial charge in [0.1, 0.15) is 6.33 Å². The standard InChI is InChI=1S/C12H7FN4O2S/c13-9-4-3-8(6-10(9)17(18)19)16-12(14-7-15-16)11-2-1-5-20-11/h1-7H. The Morgan fingerprint density at radius 1 is 1.35 bits per heavy atom. The first kappa shape index (κ1) is 12.4. The van der Waals surface area contributed by atoms with E-state index in [0.29, 0.717) is 11.5 Å². The van der Waals surface area contributed by atoms with Gasteiger partial charge < -0.3 is 0 Å². The Morgan fingerprint density at radius 3 is 2.90 bits per heavy atom. The average molecular weight is 290 g/mol. The lowest BCUT2D eigenvalue weighted by Crippen LogP contribution is -2.01. The predicted octanol–water partition coefficient (Wildman–Crippen LogP) is 3.04. The molecule has 20 heavy (non-hydrogen) atoms. The molecule has 0 aliphatic rings. The summed E-state index contributed by atoms with van der Waals surface area (Å²) in [7, 11) is 0. The van der Waals surface area contributed by atoms with Crippen LogP contribution >= 0.6 is 11.3 Å². The van der Waals surface area contributed by atoms with Crippen LogP contribution in [0, 0.1) is 15.9 Å². The molecule has 0 bridgehead atoms. The topological polar surface area (TPSA) is 73.8 Å². The minimum Gasteiger partial charge on any atom is -0.258 e. The number of nitro benzene ring substituents is 1. The molecular formula is C12H7FN4O2S. The molecule has 0 saturated carbocycles. The summed E-state index contributed by atoms with van der Waals surface area (Å²) >= 11 is 1.47. The third-order valence-corrected chi connectivity index (χ3v) is 3.53. The number of thiophene rings is 1. The van der Waals surface area contributed by atoms with Crippen molar-refractivity contribution in [1.82, 2.24) is 14.8 Å². The van der Waals surface area contributed by atoms with Gasteiger partial charge >= 0.3 is 5.69 Å². The van der Waals surface area contributed by atoms with Gasteiger partial charge in [-0.15, -0.1) is 11.3 Å². The van der Waals surface area contributed by atoms with E-state index < -0.39 is 16.4 Å². The van der Waals surface area contributed by atoms with Gasteiger partial charge in [-0.1, -0.05) is 6.07 Å². The maximum atomic E-state index is 13.4. The summed E-state index contributed by atoms with van der Waals surface area (Å²) in [6.45, 7) is 0. The lowest BCUT2D eigenvalue weighted by atomic mass is 10.2. The summed E-state index contributed by atoms with van der Waals surface area (Å²) in [5, 5.41) is 16.7. The highest BCUT2D eigenvalue weighted by Gasteiger charge is 2.17. The van der Waals surface area contributed by atoms with Gasteiger partial charge in [-0.25, -0.2) is 9.67 Å². The van der Waals surface area contributed by atoms with Gasteiger partial charge in [-0.2, -0.15) is 9.49 Å². The quantitative estimate of drug-likeness (QED) is 0.549. The van der Waals surface area contributed by atoms with Crippen molar-refractivity contribution >= 4 is 17.0 Å². The predicted molar refractivity (Wildman–Crippen MR) is 71.3 cm³/mol. The molecule has 0 atom stereocenters. The summed E-state index contributed by atoms with van der Waals surface area (Å²) in [6.07, 6.45) is 1.35. The van der Waals surface area contributed by atoms with E-state index in [1.807, 2.05) is 17.5 Å². The molecular weight excluding hydrogens is 283 g/mol. The summed E-state index contributed by atoms with van der Waals surface area (Å²) in [5.41, 5.74) is -0.200. The van der Waals surface area contributed by atoms with Crippen molar-refractivity contribution in [2.45, 2.75) is 0 Å². The van der Waals surface area contributed by atoms with E-state index in [1.165, 1.54) is 28.4 Å². The molecule has 2 heterocycles. The Kier molecular flexibility index (Phi) is 2.99. The lowest BCUT2D eigenvalue weighted by Gasteiger charge is -2.04. The van der Waals surface area contributed by atoms with Crippen molar-refractivity contribution in [2.75, 3.05) is 0 Å². The fourth-order valence-corrected chi connectivity index (χ4v) is 2.48. The molecule has 2 aromatic heterocycles. The number of halogens is 1. The van der Waals surface area contributed by atoms with E-state index in [-0.39, 0.29) is 0 Å². The van der Waals surface area contributed by atoms with Gasteiger partial charge in [0.15, 0.2) is 5.82 Å². The zero-order valence-corrected chi connectivity index (χ0v) is 10.7. The van der Waals surface area contributed by atoms with E-state index in [1.54, 1.807) is 0 Å². The van der Waals surface area contributed by atoms with Gasteiger partial charge in [0.25, 0.3) is 0 Å². The van der Waals surface area contributed by atoms with Gasteiger partial charge in [-0.3, -0.25) is 10.1 Å². The molecule has 0 radical (unpaired) electrons. The minimum absolute atomic E-state index is 0.388. The largest absolute Gasteiger partial charge is 0.306 e. The fourth-order valence-electron chi connectivity index (χ4n) is 1.78. The summed E-state index contributed by atoms with van der Waals surface area (Å²) in [4.78, 5) is 15.0. The molecule has 0 aliphatic heterocycles. The second kappa shape index (κ2) is 4.82. The summed E-state index contributed by atoms with van der Waals surface area (Å²) < 4.78 is 14.8. The molecule has 3 aromatic rings. The SMILES string of the molecule is O=[N+]([O-])c1cc(-n2ncnc2-c2cccs2)ccc1F. The van der Waals surface area contributed by atoms with Crippen molar-refractivity contribution in [3.8, 4) is 16.4 Å². The molecule has 100 valence electrons. The van der Waals surface area contributed by atoms with Crippen LogP contribution in [0.3, 0.4) is 0 Å².